The molecule has 0 aliphatic rings. The van der Waals surface area contributed by atoms with Crippen LogP contribution in [0.1, 0.15) is 30.0 Å². The van der Waals surface area contributed by atoms with Crippen LogP contribution in [-0.2, 0) is 6.61 Å². The Kier molecular flexibility index (Phi) is 4.27. The average Bonchev–Trinajstić information content (AvgIpc) is 3.15. The van der Waals surface area contributed by atoms with Crippen molar-refractivity contribution in [3.8, 4) is 17.2 Å². The highest BCUT2D eigenvalue weighted by molar-refractivity contribution is 7.08. The van der Waals surface area contributed by atoms with E-state index in [2.05, 4.69) is 4.98 Å². The van der Waals surface area contributed by atoms with Crippen molar-refractivity contribution in [3.63, 3.8) is 0 Å². The normalized spacial score (nSPS) is 12.3. The van der Waals surface area contributed by atoms with Crippen LogP contribution >= 0.6 is 11.3 Å². The van der Waals surface area contributed by atoms with Crippen LogP contribution in [0, 0.1) is 6.92 Å². The lowest BCUT2D eigenvalue weighted by atomic mass is 10.1. The molecule has 0 fully saturated rings. The highest BCUT2D eigenvalue weighted by Gasteiger charge is 2.12. The van der Waals surface area contributed by atoms with E-state index in [1.54, 1.807) is 18.3 Å². The van der Waals surface area contributed by atoms with Crippen molar-refractivity contribution < 1.29 is 14.3 Å². The molecule has 3 aromatic rings. The summed E-state index contributed by atoms with van der Waals surface area (Å²) in [5.41, 5.74) is 2.59. The lowest BCUT2D eigenvalue weighted by molar-refractivity contribution is 0.198. The number of aliphatic hydroxyl groups excluding tert-OH is 1. The van der Waals surface area contributed by atoms with Gasteiger partial charge in [-0.2, -0.15) is 11.3 Å². The lowest BCUT2D eigenvalue weighted by Crippen LogP contribution is -1.99. The molecule has 0 aliphatic carbocycles. The van der Waals surface area contributed by atoms with E-state index in [9.17, 15) is 5.11 Å². The highest BCUT2D eigenvalue weighted by atomic mass is 32.1. The number of aryl methyl sites for hydroxylation is 1. The zero-order chi connectivity index (χ0) is 15.5. The van der Waals surface area contributed by atoms with Crippen LogP contribution in [0.5, 0.6) is 5.75 Å². The molecule has 0 radical (unpaired) electrons. The molecule has 114 valence electrons. The summed E-state index contributed by atoms with van der Waals surface area (Å²) in [7, 11) is 0. The second-order valence-corrected chi connectivity index (χ2v) is 5.85. The minimum Gasteiger partial charge on any atom is -0.487 e. The van der Waals surface area contributed by atoms with Crippen molar-refractivity contribution in [3.05, 3.63) is 58.1 Å². The minimum atomic E-state index is -0.512. The molecule has 0 bridgehead atoms. The van der Waals surface area contributed by atoms with Crippen LogP contribution in [0.25, 0.3) is 11.5 Å². The molecular formula is C17H17NO3S. The summed E-state index contributed by atoms with van der Waals surface area (Å²) in [4.78, 5) is 4.49. The summed E-state index contributed by atoms with van der Waals surface area (Å²) < 4.78 is 11.4. The Labute approximate surface area is 133 Å². The second kappa shape index (κ2) is 6.34. The maximum atomic E-state index is 9.60. The number of aromatic nitrogens is 1. The van der Waals surface area contributed by atoms with Gasteiger partial charge in [0.15, 0.2) is 0 Å². The molecule has 4 nitrogen and oxygen atoms in total. The monoisotopic (exact) mass is 315 g/mol. The molecule has 0 saturated heterocycles. The predicted octanol–water partition coefficient (Wildman–Crippen LogP) is 4.34. The first-order valence-electron chi connectivity index (χ1n) is 7.03. The van der Waals surface area contributed by atoms with E-state index in [1.807, 2.05) is 48.0 Å². The van der Waals surface area contributed by atoms with E-state index in [0.29, 0.717) is 18.2 Å². The molecule has 1 atom stereocenters. The van der Waals surface area contributed by atoms with Gasteiger partial charge in [0.2, 0.25) is 5.89 Å². The molecule has 3 rings (SSSR count). The van der Waals surface area contributed by atoms with Crippen molar-refractivity contribution in [1.29, 1.82) is 0 Å². The topological polar surface area (TPSA) is 55.5 Å². The fraction of sp³-hybridized carbons (Fsp3) is 0.235. The molecule has 0 amide bonds. The SMILES string of the molecule is Cc1oc(-c2ccsc2)nc1COc1cccc(C(C)O)c1. The molecule has 0 aliphatic heterocycles. The van der Waals surface area contributed by atoms with E-state index < -0.39 is 6.10 Å². The molecular weight excluding hydrogens is 298 g/mol. The van der Waals surface area contributed by atoms with Gasteiger partial charge < -0.3 is 14.3 Å². The Morgan fingerprint density at radius 3 is 2.95 bits per heavy atom. The second-order valence-electron chi connectivity index (χ2n) is 5.07. The van der Waals surface area contributed by atoms with Crippen molar-refractivity contribution >= 4 is 11.3 Å². The first kappa shape index (κ1) is 14.8. The summed E-state index contributed by atoms with van der Waals surface area (Å²) >= 11 is 1.61. The first-order chi connectivity index (χ1) is 10.6. The number of hydrogen-bond acceptors (Lipinski definition) is 5. The molecule has 0 saturated carbocycles. The van der Waals surface area contributed by atoms with Gasteiger partial charge in [0.25, 0.3) is 0 Å². The third-order valence-electron chi connectivity index (χ3n) is 3.38. The smallest absolute Gasteiger partial charge is 0.227 e. The Morgan fingerprint density at radius 1 is 1.36 bits per heavy atom. The summed E-state index contributed by atoms with van der Waals surface area (Å²) in [5, 5.41) is 13.6. The van der Waals surface area contributed by atoms with Gasteiger partial charge in [0, 0.05) is 10.9 Å². The van der Waals surface area contributed by atoms with Crippen molar-refractivity contribution in [2.45, 2.75) is 26.6 Å². The number of nitrogens with zero attached hydrogens (tertiary/aromatic N) is 1. The lowest BCUT2D eigenvalue weighted by Gasteiger charge is -2.08. The molecule has 1 aromatic carbocycles. The number of hydrogen-bond donors (Lipinski definition) is 1. The Morgan fingerprint density at radius 2 is 2.23 bits per heavy atom. The highest BCUT2D eigenvalue weighted by Crippen LogP contribution is 2.25. The number of ether oxygens (including phenoxy) is 1. The van der Waals surface area contributed by atoms with Gasteiger partial charge in [0.05, 0.1) is 6.10 Å². The molecule has 22 heavy (non-hydrogen) atoms. The average molecular weight is 315 g/mol. The molecule has 2 heterocycles. The summed E-state index contributed by atoms with van der Waals surface area (Å²) in [6, 6.07) is 9.41. The Bertz CT molecular complexity index is 747. The zero-order valence-corrected chi connectivity index (χ0v) is 13.3. The zero-order valence-electron chi connectivity index (χ0n) is 12.4. The van der Waals surface area contributed by atoms with Crippen LogP contribution < -0.4 is 4.74 Å². The number of benzene rings is 1. The third kappa shape index (κ3) is 3.21. The van der Waals surface area contributed by atoms with Crippen molar-refractivity contribution in [1.82, 2.24) is 4.98 Å². The van der Waals surface area contributed by atoms with Crippen LogP contribution in [0.4, 0.5) is 0 Å². The quantitative estimate of drug-likeness (QED) is 0.761. The van der Waals surface area contributed by atoms with Crippen molar-refractivity contribution in [2.75, 3.05) is 0 Å². The van der Waals surface area contributed by atoms with E-state index in [0.717, 1.165) is 22.6 Å². The van der Waals surface area contributed by atoms with Gasteiger partial charge in [-0.25, -0.2) is 4.98 Å². The first-order valence-corrected chi connectivity index (χ1v) is 7.97. The number of oxazole rings is 1. The van der Waals surface area contributed by atoms with E-state index in [-0.39, 0.29) is 0 Å². The minimum absolute atomic E-state index is 0.336. The Balaban J connectivity index is 1.73. The van der Waals surface area contributed by atoms with Crippen LogP contribution in [0.15, 0.2) is 45.5 Å². The van der Waals surface area contributed by atoms with Crippen LogP contribution in [0.3, 0.4) is 0 Å². The third-order valence-corrected chi connectivity index (χ3v) is 4.06. The van der Waals surface area contributed by atoms with Gasteiger partial charge in [-0.3, -0.25) is 0 Å². The summed E-state index contributed by atoms with van der Waals surface area (Å²) in [6.07, 6.45) is -0.512. The molecule has 0 spiro atoms. The van der Waals surface area contributed by atoms with Gasteiger partial charge in [-0.1, -0.05) is 12.1 Å². The number of rotatable bonds is 5. The molecule has 5 heteroatoms. The van der Waals surface area contributed by atoms with E-state index >= 15 is 0 Å². The van der Waals surface area contributed by atoms with Crippen LogP contribution in [-0.4, -0.2) is 10.1 Å². The standard InChI is InChI=1S/C17H17NO3S/c1-11(19)13-4-3-5-15(8-13)20-9-16-12(2)21-17(18-16)14-6-7-22-10-14/h3-8,10-11,19H,9H2,1-2H3. The van der Waals surface area contributed by atoms with Crippen molar-refractivity contribution in [2.24, 2.45) is 0 Å². The molecule has 2 aromatic heterocycles. The van der Waals surface area contributed by atoms with Crippen LogP contribution in [0.2, 0.25) is 0 Å². The van der Waals surface area contributed by atoms with Gasteiger partial charge in [0.1, 0.15) is 23.8 Å². The maximum absolute atomic E-state index is 9.60. The number of aliphatic hydroxyl groups is 1. The van der Waals surface area contributed by atoms with E-state index in [1.165, 1.54) is 0 Å². The van der Waals surface area contributed by atoms with E-state index in [4.69, 9.17) is 9.15 Å². The largest absolute Gasteiger partial charge is 0.487 e. The fourth-order valence-electron chi connectivity index (χ4n) is 2.09. The Hall–Kier alpha value is -2.11. The summed E-state index contributed by atoms with van der Waals surface area (Å²) in [5.74, 6) is 2.08. The summed E-state index contributed by atoms with van der Waals surface area (Å²) in [6.45, 7) is 3.95. The van der Waals surface area contributed by atoms with Gasteiger partial charge >= 0.3 is 0 Å². The van der Waals surface area contributed by atoms with Gasteiger partial charge in [-0.05, 0) is 43.0 Å². The number of thiophene rings is 1. The fourth-order valence-corrected chi connectivity index (χ4v) is 2.72. The van der Waals surface area contributed by atoms with Gasteiger partial charge in [-0.15, -0.1) is 0 Å². The molecule has 1 unspecified atom stereocenters. The predicted molar refractivity (Wildman–Crippen MR) is 86.0 cm³/mol. The maximum Gasteiger partial charge on any atom is 0.227 e. The molecule has 1 N–H and O–H groups in total.